The van der Waals surface area contributed by atoms with Gasteiger partial charge in [0.15, 0.2) is 6.29 Å². The van der Waals surface area contributed by atoms with E-state index in [2.05, 4.69) is 41.5 Å². The van der Waals surface area contributed by atoms with Gasteiger partial charge in [-0.3, -0.25) is 0 Å². The van der Waals surface area contributed by atoms with Crippen molar-refractivity contribution in [3.8, 4) is 11.3 Å². The van der Waals surface area contributed by atoms with Crippen molar-refractivity contribution in [1.29, 1.82) is 0 Å². The molecule has 0 fully saturated rings. The highest BCUT2D eigenvalue weighted by Gasteiger charge is 2.11. The van der Waals surface area contributed by atoms with Crippen LogP contribution in [0.4, 0.5) is 0 Å². The maximum atomic E-state index is 5.55. The van der Waals surface area contributed by atoms with E-state index in [-0.39, 0.29) is 6.29 Å². The van der Waals surface area contributed by atoms with E-state index in [4.69, 9.17) is 9.47 Å². The molecular formula is C19H29N3O2. The topological polar surface area (TPSA) is 49.2 Å². The minimum Gasteiger partial charge on any atom is -0.351 e. The van der Waals surface area contributed by atoms with Crippen LogP contribution in [-0.2, 0) is 22.4 Å². The van der Waals surface area contributed by atoms with Crippen LogP contribution in [0.3, 0.4) is 0 Å². The minimum absolute atomic E-state index is 0.282. The van der Waals surface area contributed by atoms with Crippen LogP contribution in [0.25, 0.3) is 11.3 Å². The highest BCUT2D eigenvalue weighted by atomic mass is 16.7. The Bertz CT molecular complexity index is 575. The molecule has 5 nitrogen and oxygen atoms in total. The third-order valence-electron chi connectivity index (χ3n) is 3.90. The molecule has 0 spiro atoms. The van der Waals surface area contributed by atoms with Gasteiger partial charge in [0.25, 0.3) is 0 Å². The van der Waals surface area contributed by atoms with Crippen LogP contribution >= 0.6 is 0 Å². The van der Waals surface area contributed by atoms with Gasteiger partial charge in [-0.15, -0.1) is 5.10 Å². The van der Waals surface area contributed by atoms with E-state index in [0.717, 1.165) is 17.7 Å². The second-order valence-electron chi connectivity index (χ2n) is 5.82. The number of hydrogen-bond acceptors (Lipinski definition) is 4. The summed E-state index contributed by atoms with van der Waals surface area (Å²) in [5.41, 5.74) is 3.35. The van der Waals surface area contributed by atoms with Crippen molar-refractivity contribution < 1.29 is 9.47 Å². The van der Waals surface area contributed by atoms with Gasteiger partial charge >= 0.3 is 0 Å². The van der Waals surface area contributed by atoms with Gasteiger partial charge in [0, 0.05) is 18.8 Å². The zero-order valence-electron chi connectivity index (χ0n) is 15.1. The van der Waals surface area contributed by atoms with Gasteiger partial charge in [-0.25, -0.2) is 4.68 Å². The van der Waals surface area contributed by atoms with Crippen molar-refractivity contribution in [2.24, 2.45) is 0 Å². The lowest BCUT2D eigenvalue weighted by Crippen LogP contribution is -2.24. The monoisotopic (exact) mass is 331 g/mol. The van der Waals surface area contributed by atoms with E-state index < -0.39 is 0 Å². The van der Waals surface area contributed by atoms with Crippen LogP contribution in [0.1, 0.15) is 45.6 Å². The summed E-state index contributed by atoms with van der Waals surface area (Å²) >= 11 is 0. The molecule has 0 saturated heterocycles. The number of hydrogen-bond donors (Lipinski definition) is 0. The van der Waals surface area contributed by atoms with Gasteiger partial charge in [0.2, 0.25) is 0 Å². The van der Waals surface area contributed by atoms with E-state index in [1.807, 2.05) is 20.0 Å². The molecule has 1 aromatic carbocycles. The Morgan fingerprint density at radius 1 is 1.00 bits per heavy atom. The molecule has 0 aliphatic carbocycles. The molecule has 0 N–H and O–H groups in total. The molecule has 0 atom stereocenters. The third kappa shape index (κ3) is 5.73. The summed E-state index contributed by atoms with van der Waals surface area (Å²) in [6.45, 7) is 7.93. The number of unbranched alkanes of at least 4 members (excludes halogenated alkanes) is 2. The first-order valence-corrected chi connectivity index (χ1v) is 8.99. The summed E-state index contributed by atoms with van der Waals surface area (Å²) in [7, 11) is 0. The van der Waals surface area contributed by atoms with Gasteiger partial charge in [-0.1, -0.05) is 49.2 Å². The SMILES string of the molecule is CCCCCc1ccc(-c2cn(CC(OCC)OCC)nn2)cc1. The predicted molar refractivity (Wildman–Crippen MR) is 95.7 cm³/mol. The van der Waals surface area contributed by atoms with Crippen molar-refractivity contribution in [2.75, 3.05) is 13.2 Å². The second kappa shape index (κ2) is 10.2. The Morgan fingerprint density at radius 2 is 1.71 bits per heavy atom. The molecule has 1 heterocycles. The first-order chi connectivity index (χ1) is 11.8. The first-order valence-electron chi connectivity index (χ1n) is 8.99. The largest absolute Gasteiger partial charge is 0.351 e. The molecule has 132 valence electrons. The maximum absolute atomic E-state index is 5.55. The van der Waals surface area contributed by atoms with Gasteiger partial charge < -0.3 is 9.47 Å². The number of aromatic nitrogens is 3. The fraction of sp³-hybridized carbons (Fsp3) is 0.579. The third-order valence-corrected chi connectivity index (χ3v) is 3.90. The van der Waals surface area contributed by atoms with Crippen LogP contribution in [-0.4, -0.2) is 34.5 Å². The van der Waals surface area contributed by atoms with Gasteiger partial charge in [0.1, 0.15) is 5.69 Å². The van der Waals surface area contributed by atoms with Crippen LogP contribution in [0.2, 0.25) is 0 Å². The van der Waals surface area contributed by atoms with E-state index >= 15 is 0 Å². The number of benzene rings is 1. The molecule has 0 saturated carbocycles. The van der Waals surface area contributed by atoms with E-state index in [9.17, 15) is 0 Å². The first kappa shape index (κ1) is 18.6. The average Bonchev–Trinajstić information content (AvgIpc) is 3.05. The number of ether oxygens (including phenoxy) is 2. The number of rotatable bonds is 11. The molecule has 0 unspecified atom stereocenters. The van der Waals surface area contributed by atoms with Crippen molar-refractivity contribution in [3.63, 3.8) is 0 Å². The van der Waals surface area contributed by atoms with Crippen molar-refractivity contribution in [1.82, 2.24) is 15.0 Å². The summed E-state index contributed by atoms with van der Waals surface area (Å²) in [6, 6.07) is 8.62. The summed E-state index contributed by atoms with van der Waals surface area (Å²) < 4.78 is 12.9. The van der Waals surface area contributed by atoms with Crippen LogP contribution < -0.4 is 0 Å². The Kier molecular flexibility index (Phi) is 7.92. The van der Waals surface area contributed by atoms with Crippen LogP contribution in [0, 0.1) is 0 Å². The quantitative estimate of drug-likeness (QED) is 0.460. The molecule has 1 aromatic heterocycles. The van der Waals surface area contributed by atoms with E-state index in [0.29, 0.717) is 19.8 Å². The Morgan fingerprint density at radius 3 is 2.33 bits per heavy atom. The number of nitrogens with zero attached hydrogens (tertiary/aromatic N) is 3. The van der Waals surface area contributed by atoms with Crippen molar-refractivity contribution in [2.45, 2.75) is 59.3 Å². The smallest absolute Gasteiger partial charge is 0.176 e. The zero-order valence-corrected chi connectivity index (χ0v) is 15.1. The minimum atomic E-state index is -0.282. The normalized spacial score (nSPS) is 11.3. The van der Waals surface area contributed by atoms with E-state index in [1.54, 1.807) is 4.68 Å². The lowest BCUT2D eigenvalue weighted by atomic mass is 10.0. The van der Waals surface area contributed by atoms with Gasteiger partial charge in [-0.05, 0) is 32.3 Å². The maximum Gasteiger partial charge on any atom is 0.176 e. The van der Waals surface area contributed by atoms with E-state index in [1.165, 1.54) is 24.8 Å². The van der Waals surface area contributed by atoms with Gasteiger partial charge in [0.05, 0.1) is 12.7 Å². The summed E-state index contributed by atoms with van der Waals surface area (Å²) in [4.78, 5) is 0. The van der Waals surface area contributed by atoms with Crippen molar-refractivity contribution >= 4 is 0 Å². The zero-order chi connectivity index (χ0) is 17.2. The summed E-state index contributed by atoms with van der Waals surface area (Å²) in [6.07, 6.45) is 6.60. The standard InChI is InChI=1S/C19H29N3O2/c1-4-7-8-9-16-10-12-17(13-11-16)18-14-22(21-20-18)15-19(23-5-2)24-6-3/h10-14,19H,4-9,15H2,1-3H3. The molecule has 2 rings (SSSR count). The number of aryl methyl sites for hydroxylation is 1. The average molecular weight is 331 g/mol. The molecule has 0 amide bonds. The molecule has 2 aromatic rings. The molecule has 0 bridgehead atoms. The fourth-order valence-corrected chi connectivity index (χ4v) is 2.62. The molecule has 0 aliphatic heterocycles. The lowest BCUT2D eigenvalue weighted by molar-refractivity contribution is -0.145. The molecule has 0 aliphatic rings. The van der Waals surface area contributed by atoms with Crippen LogP contribution in [0.5, 0.6) is 0 Å². The van der Waals surface area contributed by atoms with Crippen molar-refractivity contribution in [3.05, 3.63) is 36.0 Å². The summed E-state index contributed by atoms with van der Waals surface area (Å²) in [5.74, 6) is 0. The fourth-order valence-electron chi connectivity index (χ4n) is 2.62. The highest BCUT2D eigenvalue weighted by molar-refractivity contribution is 5.57. The summed E-state index contributed by atoms with van der Waals surface area (Å²) in [5, 5.41) is 8.45. The Hall–Kier alpha value is -1.72. The molecule has 24 heavy (non-hydrogen) atoms. The van der Waals surface area contributed by atoms with Crippen LogP contribution in [0.15, 0.2) is 30.5 Å². The Balaban J connectivity index is 1.96. The molecule has 5 heteroatoms. The molecule has 0 radical (unpaired) electrons. The lowest BCUT2D eigenvalue weighted by Gasteiger charge is -2.16. The Labute approximate surface area is 145 Å². The predicted octanol–water partition coefficient (Wildman–Crippen LogP) is 4.08. The second-order valence-corrected chi connectivity index (χ2v) is 5.82. The molecular weight excluding hydrogens is 302 g/mol. The van der Waals surface area contributed by atoms with Gasteiger partial charge in [-0.2, -0.15) is 0 Å². The highest BCUT2D eigenvalue weighted by Crippen LogP contribution is 2.18.